The van der Waals surface area contributed by atoms with Crippen molar-refractivity contribution in [3.63, 3.8) is 0 Å². The van der Waals surface area contributed by atoms with Gasteiger partial charge in [-0.2, -0.15) is 0 Å². The van der Waals surface area contributed by atoms with Gasteiger partial charge in [0.1, 0.15) is 5.44 Å². The summed E-state index contributed by atoms with van der Waals surface area (Å²) in [4.78, 5) is 10.0. The Bertz CT molecular complexity index is 105. The Morgan fingerprint density at radius 2 is 2.40 bits per heavy atom. The topological polar surface area (TPSA) is 46.5 Å². The number of carbonyl (C=O) groups is 1. The highest BCUT2D eigenvalue weighted by atomic mass is 32.2. The van der Waals surface area contributed by atoms with Gasteiger partial charge < -0.3 is 9.84 Å². The Morgan fingerprint density at radius 3 is 2.80 bits per heavy atom. The number of carboxylic acids is 1. The Balaban J connectivity index is 3.21. The Morgan fingerprint density at radius 1 is 1.80 bits per heavy atom. The summed E-state index contributed by atoms with van der Waals surface area (Å²) in [5, 5.41) is 8.25. The first-order chi connectivity index (χ1) is 4.66. The maximum atomic E-state index is 10.0. The van der Waals surface area contributed by atoms with Crippen molar-refractivity contribution in [2.24, 2.45) is 0 Å². The van der Waals surface area contributed by atoms with Crippen molar-refractivity contribution in [1.82, 2.24) is 0 Å². The van der Waals surface area contributed by atoms with Crippen LogP contribution >= 0.6 is 11.8 Å². The van der Waals surface area contributed by atoms with Crippen molar-refractivity contribution in [2.45, 2.75) is 19.3 Å². The van der Waals surface area contributed by atoms with E-state index in [1.807, 2.05) is 13.8 Å². The molecule has 0 bridgehead atoms. The zero-order valence-corrected chi connectivity index (χ0v) is 6.98. The van der Waals surface area contributed by atoms with Crippen molar-refractivity contribution < 1.29 is 14.6 Å². The van der Waals surface area contributed by atoms with Crippen molar-refractivity contribution in [3.05, 3.63) is 0 Å². The van der Waals surface area contributed by atoms with Gasteiger partial charge in [-0.1, -0.05) is 0 Å². The highest BCUT2D eigenvalue weighted by Crippen LogP contribution is 2.10. The second-order valence-corrected chi connectivity index (χ2v) is 3.01. The molecule has 0 saturated carbocycles. The van der Waals surface area contributed by atoms with E-state index in [0.29, 0.717) is 6.61 Å². The van der Waals surface area contributed by atoms with E-state index in [-0.39, 0.29) is 11.2 Å². The Kier molecular flexibility index (Phi) is 5.43. The molecule has 0 aromatic rings. The summed E-state index contributed by atoms with van der Waals surface area (Å²) >= 11 is 1.29. The van der Waals surface area contributed by atoms with Gasteiger partial charge in [0.2, 0.25) is 0 Å². The summed E-state index contributed by atoms with van der Waals surface area (Å²) in [6, 6.07) is 0. The van der Waals surface area contributed by atoms with Crippen molar-refractivity contribution >= 4 is 17.7 Å². The third-order valence-corrected chi connectivity index (χ3v) is 1.86. The number of rotatable bonds is 5. The van der Waals surface area contributed by atoms with E-state index in [1.54, 1.807) is 0 Å². The molecule has 1 N–H and O–H groups in total. The van der Waals surface area contributed by atoms with Crippen LogP contribution in [0.5, 0.6) is 0 Å². The van der Waals surface area contributed by atoms with E-state index in [2.05, 4.69) is 0 Å². The average Bonchev–Trinajstić information content (AvgIpc) is 1.85. The van der Waals surface area contributed by atoms with Gasteiger partial charge in [0.15, 0.2) is 0 Å². The lowest BCUT2D eigenvalue weighted by Gasteiger charge is -2.08. The smallest absolute Gasteiger partial charge is 0.313 e. The van der Waals surface area contributed by atoms with E-state index in [9.17, 15) is 4.79 Å². The number of carboxylic acid groups (broad SMARTS) is 1. The van der Waals surface area contributed by atoms with Crippen molar-refractivity contribution in [3.8, 4) is 0 Å². The average molecular weight is 164 g/mol. The van der Waals surface area contributed by atoms with Crippen LogP contribution in [0.2, 0.25) is 0 Å². The monoisotopic (exact) mass is 164 g/mol. The van der Waals surface area contributed by atoms with Crippen LogP contribution in [-0.2, 0) is 9.53 Å². The Labute approximate surface area is 64.8 Å². The van der Waals surface area contributed by atoms with E-state index in [0.717, 1.165) is 0 Å². The van der Waals surface area contributed by atoms with Crippen molar-refractivity contribution in [2.75, 3.05) is 12.4 Å². The molecule has 0 aliphatic carbocycles. The minimum Gasteiger partial charge on any atom is -0.481 e. The van der Waals surface area contributed by atoms with Gasteiger partial charge in [-0.25, -0.2) is 0 Å². The molecule has 10 heavy (non-hydrogen) atoms. The molecule has 0 fully saturated rings. The predicted molar refractivity (Wildman–Crippen MR) is 41.2 cm³/mol. The van der Waals surface area contributed by atoms with Gasteiger partial charge in [-0.05, 0) is 13.8 Å². The lowest BCUT2D eigenvalue weighted by atomic mass is 10.8. The van der Waals surface area contributed by atoms with Crippen LogP contribution in [0.4, 0.5) is 0 Å². The number of hydrogen-bond donors (Lipinski definition) is 1. The molecule has 3 nitrogen and oxygen atoms in total. The first kappa shape index (κ1) is 9.78. The quantitative estimate of drug-likeness (QED) is 0.620. The van der Waals surface area contributed by atoms with Gasteiger partial charge in [-0.3, -0.25) is 4.79 Å². The van der Waals surface area contributed by atoms with Gasteiger partial charge in [-0.15, -0.1) is 11.8 Å². The number of ether oxygens (including phenoxy) is 1. The van der Waals surface area contributed by atoms with Crippen LogP contribution in [0.15, 0.2) is 0 Å². The first-order valence-corrected chi connectivity index (χ1v) is 4.16. The van der Waals surface area contributed by atoms with Gasteiger partial charge in [0.05, 0.1) is 5.75 Å². The molecule has 0 aromatic heterocycles. The lowest BCUT2D eigenvalue weighted by Crippen LogP contribution is -2.07. The summed E-state index contributed by atoms with van der Waals surface area (Å²) in [6.45, 7) is 4.36. The highest BCUT2D eigenvalue weighted by Gasteiger charge is 2.03. The molecular formula is C6H12O3S. The normalized spacial score (nSPS) is 13.0. The van der Waals surface area contributed by atoms with Crippen molar-refractivity contribution in [1.29, 1.82) is 0 Å². The van der Waals surface area contributed by atoms with E-state index >= 15 is 0 Å². The third-order valence-electron chi connectivity index (χ3n) is 0.843. The molecule has 60 valence electrons. The summed E-state index contributed by atoms with van der Waals surface area (Å²) in [6.07, 6.45) is 0. The molecule has 1 atom stereocenters. The summed E-state index contributed by atoms with van der Waals surface area (Å²) < 4.78 is 5.09. The predicted octanol–water partition coefficient (Wildman–Crippen LogP) is 1.19. The molecule has 0 unspecified atom stereocenters. The number of hydrogen-bond acceptors (Lipinski definition) is 3. The molecule has 4 heteroatoms. The first-order valence-electron chi connectivity index (χ1n) is 3.11. The highest BCUT2D eigenvalue weighted by molar-refractivity contribution is 8.00. The summed E-state index contributed by atoms with van der Waals surface area (Å²) in [5.74, 6) is -0.683. The van der Waals surface area contributed by atoms with E-state index in [1.165, 1.54) is 11.8 Å². The number of thioether (sulfide) groups is 1. The minimum atomic E-state index is -0.795. The minimum absolute atomic E-state index is 0.0129. The van der Waals surface area contributed by atoms with Crippen LogP contribution in [-0.4, -0.2) is 28.9 Å². The second kappa shape index (κ2) is 5.56. The van der Waals surface area contributed by atoms with E-state index in [4.69, 9.17) is 9.84 Å². The molecule has 0 spiro atoms. The third kappa shape index (κ3) is 5.91. The fourth-order valence-corrected chi connectivity index (χ4v) is 1.08. The molecule has 0 rings (SSSR count). The largest absolute Gasteiger partial charge is 0.481 e. The fraction of sp³-hybridized carbons (Fsp3) is 0.833. The van der Waals surface area contributed by atoms with Crippen LogP contribution < -0.4 is 0 Å². The van der Waals surface area contributed by atoms with Crippen LogP contribution in [0, 0.1) is 0 Å². The lowest BCUT2D eigenvalue weighted by molar-refractivity contribution is -0.133. The van der Waals surface area contributed by atoms with E-state index < -0.39 is 5.97 Å². The zero-order chi connectivity index (χ0) is 7.98. The Hall–Kier alpha value is -0.220. The summed E-state index contributed by atoms with van der Waals surface area (Å²) in [5.41, 5.74) is -0.0129. The molecule has 0 saturated heterocycles. The molecule has 0 aromatic carbocycles. The van der Waals surface area contributed by atoms with Crippen LogP contribution in [0.25, 0.3) is 0 Å². The maximum Gasteiger partial charge on any atom is 0.313 e. The molecule has 0 radical (unpaired) electrons. The molecule has 0 aliphatic rings. The zero-order valence-electron chi connectivity index (χ0n) is 6.16. The van der Waals surface area contributed by atoms with Crippen LogP contribution in [0.3, 0.4) is 0 Å². The molecule has 0 aliphatic heterocycles. The van der Waals surface area contributed by atoms with Crippen LogP contribution in [0.1, 0.15) is 13.8 Å². The SMILES string of the molecule is CCO[C@H](C)SCC(=O)O. The maximum absolute atomic E-state index is 10.0. The number of aliphatic carboxylic acids is 1. The fourth-order valence-electron chi connectivity index (χ4n) is 0.471. The van der Waals surface area contributed by atoms with Gasteiger partial charge in [0, 0.05) is 6.61 Å². The standard InChI is InChI=1S/C6H12O3S/c1-3-9-5(2)10-4-6(7)8/h5H,3-4H2,1-2H3,(H,7,8)/t5-/m0/s1. The van der Waals surface area contributed by atoms with Gasteiger partial charge >= 0.3 is 5.97 Å². The molecular weight excluding hydrogens is 152 g/mol. The molecule has 0 amide bonds. The summed E-state index contributed by atoms with van der Waals surface area (Å²) in [7, 11) is 0. The van der Waals surface area contributed by atoms with Gasteiger partial charge in [0.25, 0.3) is 0 Å². The molecule has 0 heterocycles. The second-order valence-electron chi connectivity index (χ2n) is 1.73.